The molecule has 0 fully saturated rings. The summed E-state index contributed by atoms with van der Waals surface area (Å²) in [6.45, 7) is 12.3. The molecule has 0 unspecified atom stereocenters. The number of hydrogen-bond acceptors (Lipinski definition) is 6. The van der Waals surface area contributed by atoms with E-state index in [-0.39, 0.29) is 11.1 Å². The fraction of sp³-hybridized carbons (Fsp3) is 0.378. The summed E-state index contributed by atoms with van der Waals surface area (Å²) in [6.07, 6.45) is 4.48. The van der Waals surface area contributed by atoms with Gasteiger partial charge < -0.3 is 14.5 Å². The number of fused-ring (bicyclic) bond motifs is 1. The molecule has 0 bridgehead atoms. The molecular formula is C37H46ClN5O2Si. The van der Waals surface area contributed by atoms with Gasteiger partial charge in [-0.3, -0.25) is 4.68 Å². The number of aromatic nitrogens is 4. The van der Waals surface area contributed by atoms with Crippen LogP contribution in [0.15, 0.2) is 85.2 Å². The Morgan fingerprint density at radius 2 is 1.61 bits per heavy atom. The Bertz CT molecular complexity index is 1680. The molecule has 1 N–H and O–H groups in total. The first-order valence-corrected chi connectivity index (χ1v) is 18.6. The summed E-state index contributed by atoms with van der Waals surface area (Å²) in [4.78, 5) is 9.36. The molecule has 0 amide bonds. The molecule has 0 aliphatic rings. The van der Waals surface area contributed by atoms with Crippen LogP contribution in [-0.2, 0) is 16.9 Å². The van der Waals surface area contributed by atoms with Gasteiger partial charge in [-0.05, 0) is 46.8 Å². The van der Waals surface area contributed by atoms with Crippen molar-refractivity contribution in [3.8, 4) is 5.75 Å². The van der Waals surface area contributed by atoms with Gasteiger partial charge in [0.25, 0.3) is 8.32 Å². The second kappa shape index (κ2) is 14.8. The third kappa shape index (κ3) is 6.99. The van der Waals surface area contributed by atoms with E-state index in [0.717, 1.165) is 58.7 Å². The molecule has 0 saturated carbocycles. The Hall–Kier alpha value is -3.72. The van der Waals surface area contributed by atoms with E-state index in [0.29, 0.717) is 19.0 Å². The predicted octanol–water partition coefficient (Wildman–Crippen LogP) is 7.48. The largest absolute Gasteiger partial charge is 0.496 e. The molecule has 46 heavy (non-hydrogen) atoms. The summed E-state index contributed by atoms with van der Waals surface area (Å²) in [5.74, 6) is 2.00. The quantitative estimate of drug-likeness (QED) is 0.0988. The average molecular weight is 656 g/mol. The molecule has 0 saturated heterocycles. The zero-order chi connectivity index (χ0) is 32.7. The Balaban J connectivity index is 1.43. The van der Waals surface area contributed by atoms with Gasteiger partial charge in [-0.15, -0.1) is 11.6 Å². The highest BCUT2D eigenvalue weighted by molar-refractivity contribution is 6.99. The van der Waals surface area contributed by atoms with Crippen LogP contribution in [0, 0.1) is 6.92 Å². The van der Waals surface area contributed by atoms with Gasteiger partial charge in [-0.2, -0.15) is 5.10 Å². The van der Waals surface area contributed by atoms with Crippen molar-refractivity contribution in [2.45, 2.75) is 77.4 Å². The molecule has 5 rings (SSSR count). The van der Waals surface area contributed by atoms with E-state index in [1.807, 2.05) is 23.7 Å². The van der Waals surface area contributed by atoms with Gasteiger partial charge >= 0.3 is 0 Å². The second-order valence-electron chi connectivity index (χ2n) is 12.9. The minimum Gasteiger partial charge on any atom is -0.496 e. The fourth-order valence-electron chi connectivity index (χ4n) is 6.50. The molecule has 5 aromatic rings. The van der Waals surface area contributed by atoms with Crippen LogP contribution >= 0.6 is 11.6 Å². The van der Waals surface area contributed by atoms with Crippen molar-refractivity contribution < 1.29 is 9.16 Å². The number of benzene rings is 3. The summed E-state index contributed by atoms with van der Waals surface area (Å²) in [5.41, 5.74) is 4.61. The molecule has 0 spiro atoms. The predicted molar refractivity (Wildman–Crippen MR) is 192 cm³/mol. The van der Waals surface area contributed by atoms with Crippen molar-refractivity contribution in [3.05, 3.63) is 102 Å². The van der Waals surface area contributed by atoms with Crippen LogP contribution in [0.4, 0.5) is 5.82 Å². The van der Waals surface area contributed by atoms with E-state index in [9.17, 15) is 0 Å². The maximum atomic E-state index is 7.24. The van der Waals surface area contributed by atoms with Gasteiger partial charge in [-0.1, -0.05) is 107 Å². The number of hydrogen-bond donors (Lipinski definition) is 1. The molecule has 242 valence electrons. The van der Waals surface area contributed by atoms with Crippen LogP contribution in [0.2, 0.25) is 5.04 Å². The van der Waals surface area contributed by atoms with Crippen LogP contribution in [-0.4, -0.2) is 47.8 Å². The van der Waals surface area contributed by atoms with Crippen LogP contribution in [0.25, 0.3) is 11.0 Å². The summed E-state index contributed by atoms with van der Waals surface area (Å²) in [7, 11) is -0.943. The van der Waals surface area contributed by atoms with E-state index < -0.39 is 8.32 Å². The highest BCUT2D eigenvalue weighted by atomic mass is 35.5. The fourth-order valence-corrected chi connectivity index (χ4v) is 11.2. The summed E-state index contributed by atoms with van der Waals surface area (Å²) < 4.78 is 14.9. The number of ether oxygens (including phenoxy) is 1. The Morgan fingerprint density at radius 1 is 0.935 bits per heavy atom. The molecule has 3 aromatic carbocycles. The number of aryl methyl sites for hydroxylation is 1. The second-order valence-corrected chi connectivity index (χ2v) is 17.4. The first-order chi connectivity index (χ1) is 22.2. The van der Waals surface area contributed by atoms with Gasteiger partial charge in [0.1, 0.15) is 23.1 Å². The lowest BCUT2D eigenvalue weighted by Gasteiger charge is -2.43. The van der Waals surface area contributed by atoms with Crippen molar-refractivity contribution in [1.29, 1.82) is 0 Å². The van der Waals surface area contributed by atoms with Crippen LogP contribution < -0.4 is 20.4 Å². The van der Waals surface area contributed by atoms with Crippen molar-refractivity contribution in [2.24, 2.45) is 0 Å². The molecule has 1 atom stereocenters. The topological polar surface area (TPSA) is 74.1 Å². The van der Waals surface area contributed by atoms with Crippen LogP contribution in [0.1, 0.15) is 63.8 Å². The van der Waals surface area contributed by atoms with E-state index in [4.69, 9.17) is 30.8 Å². The summed E-state index contributed by atoms with van der Waals surface area (Å²) in [6, 6.07) is 27.9. The average Bonchev–Trinajstić information content (AvgIpc) is 3.39. The number of alkyl halides is 1. The van der Waals surface area contributed by atoms with Crippen LogP contribution in [0.3, 0.4) is 0 Å². The number of halogens is 1. The number of anilines is 1. The van der Waals surface area contributed by atoms with Crippen LogP contribution in [0.5, 0.6) is 5.75 Å². The summed E-state index contributed by atoms with van der Waals surface area (Å²) >= 11 is 6.09. The number of methoxy groups -OCH3 is 1. The van der Waals surface area contributed by atoms with Gasteiger partial charge in [0.05, 0.1) is 19.3 Å². The lowest BCUT2D eigenvalue weighted by atomic mass is 10.1. The lowest BCUT2D eigenvalue weighted by molar-refractivity contribution is 0.281. The zero-order valence-electron chi connectivity index (χ0n) is 27.9. The molecule has 0 aliphatic carbocycles. The number of rotatable bonds is 14. The minimum atomic E-state index is -2.63. The molecule has 9 heteroatoms. The van der Waals surface area contributed by atoms with E-state index in [1.54, 1.807) is 13.4 Å². The maximum Gasteiger partial charge on any atom is 0.261 e. The normalized spacial score (nSPS) is 12.8. The van der Waals surface area contributed by atoms with Gasteiger partial charge in [0.2, 0.25) is 0 Å². The molecule has 0 aliphatic heterocycles. The van der Waals surface area contributed by atoms with Gasteiger partial charge in [-0.25, -0.2) is 9.97 Å². The minimum absolute atomic E-state index is 0.0741. The van der Waals surface area contributed by atoms with Crippen molar-refractivity contribution in [2.75, 3.05) is 19.0 Å². The Morgan fingerprint density at radius 3 is 2.20 bits per heavy atom. The lowest BCUT2D eigenvalue weighted by Crippen LogP contribution is -2.66. The molecule has 2 heterocycles. The monoisotopic (exact) mass is 655 g/mol. The zero-order valence-corrected chi connectivity index (χ0v) is 29.6. The third-order valence-electron chi connectivity index (χ3n) is 8.70. The van der Waals surface area contributed by atoms with Gasteiger partial charge in [0, 0.05) is 24.1 Å². The highest BCUT2D eigenvalue weighted by Crippen LogP contribution is 2.37. The number of nitrogens with one attached hydrogen (secondary N) is 1. The molecule has 2 aromatic heterocycles. The molecule has 7 nitrogen and oxygen atoms in total. The van der Waals surface area contributed by atoms with Crippen molar-refractivity contribution in [3.63, 3.8) is 0 Å². The Kier molecular flexibility index (Phi) is 10.8. The molecular weight excluding hydrogens is 610 g/mol. The van der Waals surface area contributed by atoms with Crippen molar-refractivity contribution >= 4 is 47.1 Å². The Labute approximate surface area is 279 Å². The SMILES string of the molecule is CCC[C@@H](CCO[Si](c1ccccc1)(c1ccccc1)C(C)(C)C)Nc1ncnc2c(C)nn(Cc3ccc(CCl)cc3OC)c12. The van der Waals surface area contributed by atoms with E-state index in [1.165, 1.54) is 10.4 Å². The molecule has 0 radical (unpaired) electrons. The third-order valence-corrected chi connectivity index (χ3v) is 14.1. The van der Waals surface area contributed by atoms with E-state index >= 15 is 0 Å². The van der Waals surface area contributed by atoms with Gasteiger partial charge in [0.15, 0.2) is 5.82 Å². The number of nitrogens with zero attached hydrogens (tertiary/aromatic N) is 4. The smallest absolute Gasteiger partial charge is 0.261 e. The van der Waals surface area contributed by atoms with Crippen molar-refractivity contribution in [1.82, 2.24) is 19.7 Å². The first kappa shape index (κ1) is 33.6. The highest BCUT2D eigenvalue weighted by Gasteiger charge is 2.50. The first-order valence-electron chi connectivity index (χ1n) is 16.1. The summed E-state index contributed by atoms with van der Waals surface area (Å²) in [5, 5.41) is 11.2. The van der Waals surface area contributed by atoms with E-state index in [2.05, 4.69) is 105 Å². The maximum absolute atomic E-state index is 7.24. The standard InChI is InChI=1S/C37H46ClN5O2Si/c1-7-14-30(21-22-45-46(37(3,4)5,31-15-10-8-11-16-31)32-17-12-9-13-18-32)41-36-35-34(39-26-40-36)27(2)42-43(35)25-29-20-19-28(24-38)23-33(29)44-6/h8-13,15-20,23,26,30H,7,14,21-22,24-25H2,1-6H3,(H,39,40,41)/t30-/m0/s1.